The molecule has 1 saturated heterocycles. The van der Waals surface area contributed by atoms with Crippen LogP contribution in [0.4, 0.5) is 0 Å². The van der Waals surface area contributed by atoms with Crippen molar-refractivity contribution in [3.8, 4) is 17.1 Å². The maximum atomic E-state index is 12.6. The number of carbonyl (C=O) groups excluding carboxylic acids is 1. The minimum atomic E-state index is 0.0728. The first kappa shape index (κ1) is 23.0. The lowest BCUT2D eigenvalue weighted by Crippen LogP contribution is -2.40. The van der Waals surface area contributed by atoms with E-state index in [2.05, 4.69) is 32.5 Å². The minimum Gasteiger partial charge on any atom is -0.497 e. The molecule has 1 amide bonds. The molecule has 0 spiro atoms. The van der Waals surface area contributed by atoms with Crippen molar-refractivity contribution in [2.75, 3.05) is 26.7 Å². The number of nitrogens with zero attached hydrogens (tertiary/aromatic N) is 3. The van der Waals surface area contributed by atoms with E-state index in [9.17, 15) is 4.79 Å². The van der Waals surface area contributed by atoms with Gasteiger partial charge in [-0.15, -0.1) is 0 Å². The summed E-state index contributed by atoms with van der Waals surface area (Å²) >= 11 is 0. The molecule has 1 N–H and O–H groups in total. The maximum absolute atomic E-state index is 12.6. The molecule has 0 unspecified atom stereocenters. The van der Waals surface area contributed by atoms with Gasteiger partial charge < -0.3 is 14.6 Å². The summed E-state index contributed by atoms with van der Waals surface area (Å²) in [6.07, 6.45) is 3.53. The molecule has 1 fully saturated rings. The number of aryl methyl sites for hydroxylation is 2. The molecule has 7 heteroatoms. The molecule has 7 nitrogen and oxygen atoms in total. The fraction of sp³-hybridized carbons (Fsp3) is 0.423. The van der Waals surface area contributed by atoms with E-state index in [-0.39, 0.29) is 11.8 Å². The fourth-order valence-electron chi connectivity index (χ4n) is 4.24. The zero-order valence-corrected chi connectivity index (χ0v) is 19.4. The molecule has 1 aliphatic rings. The van der Waals surface area contributed by atoms with Crippen molar-refractivity contribution in [1.29, 1.82) is 0 Å². The van der Waals surface area contributed by atoms with Crippen molar-refractivity contribution in [2.45, 2.75) is 39.2 Å². The quantitative estimate of drug-likeness (QED) is 0.498. The number of carbonyl (C=O) groups is 1. The van der Waals surface area contributed by atoms with Gasteiger partial charge >= 0.3 is 0 Å². The van der Waals surface area contributed by atoms with Crippen LogP contribution >= 0.6 is 0 Å². The highest BCUT2D eigenvalue weighted by atomic mass is 16.5. The Morgan fingerprint density at radius 1 is 1.18 bits per heavy atom. The van der Waals surface area contributed by atoms with Gasteiger partial charge in [0.1, 0.15) is 5.75 Å². The number of nitrogens with one attached hydrogen (secondary N) is 1. The number of amides is 1. The second-order valence-corrected chi connectivity index (χ2v) is 8.68. The SMILES string of the molecule is COc1cccc(CCCNC(=O)C2CCN(Cc3nc(-c4cccc(C)c4)no3)CC2)c1. The predicted octanol–water partition coefficient (Wildman–Crippen LogP) is 4.01. The van der Waals surface area contributed by atoms with E-state index in [0.29, 0.717) is 24.8 Å². The van der Waals surface area contributed by atoms with E-state index >= 15 is 0 Å². The zero-order valence-electron chi connectivity index (χ0n) is 19.4. The number of hydrogen-bond acceptors (Lipinski definition) is 6. The monoisotopic (exact) mass is 448 g/mol. The first-order chi connectivity index (χ1) is 16.1. The third kappa shape index (κ3) is 6.42. The standard InChI is InChI=1S/C26H32N4O3/c1-19-6-3-9-22(16-19)25-28-24(33-29-25)18-30-14-11-21(12-15-30)26(31)27-13-5-8-20-7-4-10-23(17-20)32-2/h3-4,6-7,9-10,16-17,21H,5,8,11-15,18H2,1-2H3,(H,27,31). The highest BCUT2D eigenvalue weighted by Gasteiger charge is 2.25. The molecule has 0 aliphatic carbocycles. The minimum absolute atomic E-state index is 0.0728. The normalized spacial score (nSPS) is 14.8. The van der Waals surface area contributed by atoms with Crippen LogP contribution in [0.5, 0.6) is 5.75 Å². The summed E-state index contributed by atoms with van der Waals surface area (Å²) in [7, 11) is 1.68. The Balaban J connectivity index is 1.17. The lowest BCUT2D eigenvalue weighted by atomic mass is 9.96. The van der Waals surface area contributed by atoms with Gasteiger partial charge in [0.2, 0.25) is 17.6 Å². The van der Waals surface area contributed by atoms with Crippen LogP contribution in [-0.2, 0) is 17.8 Å². The molecular formula is C26H32N4O3. The maximum Gasteiger partial charge on any atom is 0.241 e. The van der Waals surface area contributed by atoms with Crippen LogP contribution in [0, 0.1) is 12.8 Å². The van der Waals surface area contributed by atoms with Gasteiger partial charge in [-0.1, -0.05) is 41.1 Å². The van der Waals surface area contributed by atoms with Gasteiger partial charge in [0, 0.05) is 18.0 Å². The Morgan fingerprint density at radius 2 is 2.00 bits per heavy atom. The van der Waals surface area contributed by atoms with Crippen molar-refractivity contribution in [3.63, 3.8) is 0 Å². The summed E-state index contributed by atoms with van der Waals surface area (Å²) < 4.78 is 10.7. The second kappa shape index (κ2) is 11.1. The number of ether oxygens (including phenoxy) is 1. The van der Waals surface area contributed by atoms with Crippen molar-refractivity contribution < 1.29 is 14.1 Å². The number of rotatable bonds is 9. The van der Waals surface area contributed by atoms with Crippen LogP contribution in [0.2, 0.25) is 0 Å². The largest absolute Gasteiger partial charge is 0.497 e. The summed E-state index contributed by atoms with van der Waals surface area (Å²) in [5.41, 5.74) is 3.36. The summed E-state index contributed by atoms with van der Waals surface area (Å²) in [6, 6.07) is 16.2. The molecule has 0 radical (unpaired) electrons. The Bertz CT molecular complexity index is 1060. The summed E-state index contributed by atoms with van der Waals surface area (Å²) in [5, 5.41) is 7.24. The molecule has 174 valence electrons. The second-order valence-electron chi connectivity index (χ2n) is 8.68. The summed E-state index contributed by atoms with van der Waals surface area (Å²) in [5.74, 6) is 2.35. The van der Waals surface area contributed by atoms with Crippen LogP contribution in [0.3, 0.4) is 0 Å². The van der Waals surface area contributed by atoms with Crippen LogP contribution < -0.4 is 10.1 Å². The number of likely N-dealkylation sites (tertiary alicyclic amines) is 1. The molecule has 4 rings (SSSR count). The van der Waals surface area contributed by atoms with Gasteiger partial charge in [0.25, 0.3) is 0 Å². The smallest absolute Gasteiger partial charge is 0.241 e. The average Bonchev–Trinajstić information content (AvgIpc) is 3.31. The highest BCUT2D eigenvalue weighted by Crippen LogP contribution is 2.21. The highest BCUT2D eigenvalue weighted by molar-refractivity contribution is 5.78. The Labute approximate surface area is 195 Å². The molecule has 2 heterocycles. The lowest BCUT2D eigenvalue weighted by Gasteiger charge is -2.30. The van der Waals surface area contributed by atoms with E-state index in [0.717, 1.165) is 50.1 Å². The number of methoxy groups -OCH3 is 1. The molecule has 1 aliphatic heterocycles. The molecular weight excluding hydrogens is 416 g/mol. The molecule has 1 aromatic heterocycles. The van der Waals surface area contributed by atoms with E-state index in [1.807, 2.05) is 43.3 Å². The van der Waals surface area contributed by atoms with Crippen molar-refractivity contribution >= 4 is 5.91 Å². The average molecular weight is 449 g/mol. The molecule has 0 atom stereocenters. The Morgan fingerprint density at radius 3 is 2.79 bits per heavy atom. The van der Waals surface area contributed by atoms with Crippen molar-refractivity contribution in [3.05, 3.63) is 65.5 Å². The third-order valence-electron chi connectivity index (χ3n) is 6.14. The summed E-state index contributed by atoms with van der Waals surface area (Å²) in [6.45, 7) is 5.06. The molecule has 2 aromatic carbocycles. The van der Waals surface area contributed by atoms with Gasteiger partial charge in [0.15, 0.2) is 0 Å². The predicted molar refractivity (Wildman–Crippen MR) is 127 cm³/mol. The van der Waals surface area contributed by atoms with E-state index < -0.39 is 0 Å². The first-order valence-corrected chi connectivity index (χ1v) is 11.6. The first-order valence-electron chi connectivity index (χ1n) is 11.6. The fourth-order valence-corrected chi connectivity index (χ4v) is 4.24. The van der Waals surface area contributed by atoms with Crippen LogP contribution in [-0.4, -0.2) is 47.7 Å². The molecule has 0 bridgehead atoms. The van der Waals surface area contributed by atoms with Gasteiger partial charge in [-0.2, -0.15) is 4.98 Å². The number of benzene rings is 2. The number of aromatic nitrogens is 2. The Hall–Kier alpha value is -3.19. The summed E-state index contributed by atoms with van der Waals surface area (Å²) in [4.78, 5) is 19.4. The molecule has 0 saturated carbocycles. The van der Waals surface area contributed by atoms with Gasteiger partial charge in [-0.3, -0.25) is 9.69 Å². The Kier molecular flexibility index (Phi) is 7.73. The zero-order chi connectivity index (χ0) is 23.0. The van der Waals surface area contributed by atoms with E-state index in [4.69, 9.17) is 9.26 Å². The van der Waals surface area contributed by atoms with E-state index in [1.54, 1.807) is 7.11 Å². The van der Waals surface area contributed by atoms with Crippen molar-refractivity contribution in [2.24, 2.45) is 5.92 Å². The van der Waals surface area contributed by atoms with Crippen LogP contribution in [0.1, 0.15) is 36.3 Å². The van der Waals surface area contributed by atoms with Crippen LogP contribution in [0.15, 0.2) is 53.1 Å². The number of hydrogen-bond donors (Lipinski definition) is 1. The topological polar surface area (TPSA) is 80.5 Å². The van der Waals surface area contributed by atoms with E-state index in [1.165, 1.54) is 11.1 Å². The van der Waals surface area contributed by atoms with Gasteiger partial charge in [0.05, 0.1) is 13.7 Å². The van der Waals surface area contributed by atoms with Crippen LogP contribution in [0.25, 0.3) is 11.4 Å². The lowest BCUT2D eigenvalue weighted by molar-refractivity contribution is -0.126. The van der Waals surface area contributed by atoms with Crippen molar-refractivity contribution in [1.82, 2.24) is 20.4 Å². The van der Waals surface area contributed by atoms with Gasteiger partial charge in [-0.05, 0) is 69.5 Å². The third-order valence-corrected chi connectivity index (χ3v) is 6.14. The molecule has 33 heavy (non-hydrogen) atoms. The molecule has 3 aromatic rings. The van der Waals surface area contributed by atoms with Gasteiger partial charge in [-0.25, -0.2) is 0 Å². The number of piperidine rings is 1.